The average molecular weight is 543 g/mol. The van der Waals surface area contributed by atoms with Crippen LogP contribution in [0.1, 0.15) is 19.8 Å². The van der Waals surface area contributed by atoms with Crippen molar-refractivity contribution in [2.75, 3.05) is 64.4 Å². The number of guanidine groups is 1. The smallest absolute Gasteiger partial charge is 0.310 e. The van der Waals surface area contributed by atoms with Gasteiger partial charge in [0.2, 0.25) is 5.91 Å². The van der Waals surface area contributed by atoms with Crippen LogP contribution in [0, 0.1) is 5.92 Å². The van der Waals surface area contributed by atoms with E-state index in [9.17, 15) is 9.59 Å². The van der Waals surface area contributed by atoms with Gasteiger partial charge in [0.05, 0.1) is 19.1 Å². The number of halogens is 1. The second-order valence-electron chi connectivity index (χ2n) is 7.64. The van der Waals surface area contributed by atoms with Crippen LogP contribution in [0.2, 0.25) is 0 Å². The van der Waals surface area contributed by atoms with Crippen LogP contribution in [0.3, 0.4) is 0 Å². The Kier molecular flexibility index (Phi) is 10.4. The molecular formula is C22H34IN5O3. The first kappa shape index (κ1) is 25.2. The molecule has 2 fully saturated rings. The molecule has 1 atom stereocenters. The van der Waals surface area contributed by atoms with Crippen molar-refractivity contribution in [3.05, 3.63) is 30.3 Å². The maximum Gasteiger partial charge on any atom is 0.310 e. The molecule has 8 nitrogen and oxygen atoms in total. The maximum absolute atomic E-state index is 12.7. The number of rotatable bonds is 5. The Morgan fingerprint density at radius 3 is 2.45 bits per heavy atom. The number of para-hydroxylation sites is 1. The lowest BCUT2D eigenvalue weighted by molar-refractivity contribution is -0.149. The lowest BCUT2D eigenvalue weighted by Gasteiger charge is -2.37. The number of piperidine rings is 1. The maximum atomic E-state index is 12.7. The molecule has 2 saturated heterocycles. The van der Waals surface area contributed by atoms with E-state index in [4.69, 9.17) is 4.74 Å². The van der Waals surface area contributed by atoms with Gasteiger partial charge in [0, 0.05) is 52.0 Å². The summed E-state index contributed by atoms with van der Waals surface area (Å²) in [6.07, 6.45) is 1.73. The number of amides is 1. The number of hydrogen-bond donors (Lipinski definition) is 1. The van der Waals surface area contributed by atoms with E-state index in [0.29, 0.717) is 32.2 Å². The molecule has 2 heterocycles. The number of aliphatic imine (C=N–C) groups is 1. The molecule has 1 unspecified atom stereocenters. The minimum absolute atomic E-state index is 0. The summed E-state index contributed by atoms with van der Waals surface area (Å²) < 4.78 is 5.17. The Balaban J connectivity index is 0.00000341. The van der Waals surface area contributed by atoms with Gasteiger partial charge in [0.25, 0.3) is 0 Å². The first-order valence-electron chi connectivity index (χ1n) is 10.8. The summed E-state index contributed by atoms with van der Waals surface area (Å²) in [5, 5.41) is 3.19. The molecule has 0 bridgehead atoms. The number of likely N-dealkylation sites (tertiary alicyclic amines) is 1. The van der Waals surface area contributed by atoms with E-state index in [-0.39, 0.29) is 48.3 Å². The topological polar surface area (TPSA) is 77.5 Å². The van der Waals surface area contributed by atoms with Crippen molar-refractivity contribution in [2.45, 2.75) is 19.8 Å². The SMILES string of the molecule is CCOC(=O)C1CCCN(C(=NC)NCC(=O)N2CCN(c3ccccc3)CC2)C1.I. The van der Waals surface area contributed by atoms with Crippen LogP contribution >= 0.6 is 24.0 Å². The standard InChI is InChI=1S/C22H33N5O3.HI/c1-3-30-21(29)18-8-7-11-27(17-18)22(23-2)24-16-20(28)26-14-12-25(13-15-26)19-9-5-4-6-10-19;/h4-6,9-10,18H,3,7-8,11-17H2,1-2H3,(H,23,24);1H. The van der Waals surface area contributed by atoms with Gasteiger partial charge in [-0.2, -0.15) is 0 Å². The van der Waals surface area contributed by atoms with Gasteiger partial charge in [-0.05, 0) is 31.9 Å². The number of nitrogens with one attached hydrogen (secondary N) is 1. The molecule has 0 saturated carbocycles. The number of carbonyl (C=O) groups is 2. The van der Waals surface area contributed by atoms with Crippen molar-refractivity contribution in [2.24, 2.45) is 10.9 Å². The summed E-state index contributed by atoms with van der Waals surface area (Å²) in [6, 6.07) is 10.3. The second-order valence-corrected chi connectivity index (χ2v) is 7.64. The summed E-state index contributed by atoms with van der Waals surface area (Å²) in [5.74, 6) is 0.451. The summed E-state index contributed by atoms with van der Waals surface area (Å²) >= 11 is 0. The highest BCUT2D eigenvalue weighted by molar-refractivity contribution is 14.0. The van der Waals surface area contributed by atoms with E-state index in [2.05, 4.69) is 27.3 Å². The molecule has 1 aromatic rings. The van der Waals surface area contributed by atoms with Gasteiger partial charge < -0.3 is 24.8 Å². The van der Waals surface area contributed by atoms with E-state index in [1.165, 1.54) is 5.69 Å². The van der Waals surface area contributed by atoms with Crippen molar-refractivity contribution in [3.63, 3.8) is 0 Å². The molecule has 1 N–H and O–H groups in total. The highest BCUT2D eigenvalue weighted by Gasteiger charge is 2.29. The molecule has 0 aliphatic carbocycles. The largest absolute Gasteiger partial charge is 0.466 e. The van der Waals surface area contributed by atoms with Crippen LogP contribution in [0.5, 0.6) is 0 Å². The van der Waals surface area contributed by atoms with E-state index >= 15 is 0 Å². The first-order valence-corrected chi connectivity index (χ1v) is 10.8. The molecule has 0 aromatic heterocycles. The zero-order valence-corrected chi connectivity index (χ0v) is 20.8. The lowest BCUT2D eigenvalue weighted by Crippen LogP contribution is -2.53. The van der Waals surface area contributed by atoms with Crippen LogP contribution in [-0.4, -0.2) is 87.1 Å². The van der Waals surface area contributed by atoms with Crippen LogP contribution in [-0.2, 0) is 14.3 Å². The summed E-state index contributed by atoms with van der Waals surface area (Å²) in [5.41, 5.74) is 1.20. The zero-order valence-electron chi connectivity index (χ0n) is 18.5. The third kappa shape index (κ3) is 6.98. The molecule has 3 rings (SSSR count). The minimum atomic E-state index is -0.148. The van der Waals surface area contributed by atoms with Crippen LogP contribution in [0.15, 0.2) is 35.3 Å². The van der Waals surface area contributed by atoms with Gasteiger partial charge in [0.1, 0.15) is 0 Å². The zero-order chi connectivity index (χ0) is 21.3. The van der Waals surface area contributed by atoms with Crippen LogP contribution < -0.4 is 10.2 Å². The lowest BCUT2D eigenvalue weighted by atomic mass is 9.98. The number of ether oxygens (including phenoxy) is 1. The van der Waals surface area contributed by atoms with Gasteiger partial charge in [-0.3, -0.25) is 14.6 Å². The molecule has 0 spiro atoms. The fraction of sp³-hybridized carbons (Fsp3) is 0.591. The van der Waals surface area contributed by atoms with Gasteiger partial charge >= 0.3 is 5.97 Å². The molecule has 2 aliphatic heterocycles. The van der Waals surface area contributed by atoms with Crippen molar-refractivity contribution in [1.29, 1.82) is 0 Å². The predicted molar refractivity (Wildman–Crippen MR) is 133 cm³/mol. The number of hydrogen-bond acceptors (Lipinski definition) is 5. The minimum Gasteiger partial charge on any atom is -0.466 e. The highest BCUT2D eigenvalue weighted by Crippen LogP contribution is 2.18. The molecule has 2 aliphatic rings. The summed E-state index contributed by atoms with van der Waals surface area (Å²) in [4.78, 5) is 35.4. The van der Waals surface area contributed by atoms with Crippen molar-refractivity contribution in [1.82, 2.24) is 15.1 Å². The van der Waals surface area contributed by atoms with Gasteiger partial charge in [-0.1, -0.05) is 18.2 Å². The van der Waals surface area contributed by atoms with Crippen molar-refractivity contribution < 1.29 is 14.3 Å². The number of carbonyl (C=O) groups excluding carboxylic acids is 2. The van der Waals surface area contributed by atoms with Gasteiger partial charge in [0.15, 0.2) is 5.96 Å². The number of anilines is 1. The van der Waals surface area contributed by atoms with E-state index < -0.39 is 0 Å². The average Bonchev–Trinajstić information content (AvgIpc) is 2.80. The van der Waals surface area contributed by atoms with E-state index in [1.807, 2.05) is 34.9 Å². The summed E-state index contributed by atoms with van der Waals surface area (Å²) in [7, 11) is 1.71. The third-order valence-corrected chi connectivity index (χ3v) is 5.70. The molecule has 9 heteroatoms. The normalized spacial score (nSPS) is 19.5. The van der Waals surface area contributed by atoms with Gasteiger partial charge in [-0.15, -0.1) is 24.0 Å². The fourth-order valence-electron chi connectivity index (χ4n) is 4.07. The van der Waals surface area contributed by atoms with Crippen molar-refractivity contribution >= 4 is 47.5 Å². The molecular weight excluding hydrogens is 509 g/mol. The Morgan fingerprint density at radius 2 is 1.81 bits per heavy atom. The molecule has 0 radical (unpaired) electrons. The highest BCUT2D eigenvalue weighted by atomic mass is 127. The fourth-order valence-corrected chi connectivity index (χ4v) is 4.07. The predicted octanol–water partition coefficient (Wildman–Crippen LogP) is 1.80. The van der Waals surface area contributed by atoms with Gasteiger partial charge in [-0.25, -0.2) is 0 Å². The Bertz CT molecular complexity index is 738. The quantitative estimate of drug-likeness (QED) is 0.264. The number of piperazine rings is 1. The molecule has 31 heavy (non-hydrogen) atoms. The number of esters is 1. The summed E-state index contributed by atoms with van der Waals surface area (Å²) in [6.45, 7) is 6.90. The first-order chi connectivity index (χ1) is 14.6. The van der Waals surface area contributed by atoms with E-state index in [0.717, 1.165) is 32.5 Å². The number of benzene rings is 1. The Labute approximate surface area is 202 Å². The van der Waals surface area contributed by atoms with Crippen LogP contribution in [0.25, 0.3) is 0 Å². The van der Waals surface area contributed by atoms with E-state index in [1.54, 1.807) is 7.05 Å². The third-order valence-electron chi connectivity index (χ3n) is 5.70. The Hall–Kier alpha value is -2.04. The molecule has 1 aromatic carbocycles. The Morgan fingerprint density at radius 1 is 1.10 bits per heavy atom. The van der Waals surface area contributed by atoms with Crippen molar-refractivity contribution in [3.8, 4) is 0 Å². The number of nitrogens with zero attached hydrogens (tertiary/aromatic N) is 4. The van der Waals surface area contributed by atoms with Crippen LogP contribution in [0.4, 0.5) is 5.69 Å². The molecule has 172 valence electrons. The second kappa shape index (κ2) is 12.7. The monoisotopic (exact) mass is 543 g/mol. The molecule has 1 amide bonds.